The molecule has 3 aliphatic rings. The van der Waals surface area contributed by atoms with Crippen LogP contribution in [0.15, 0.2) is 4.99 Å². The SMILES string of the molecule is CN1C(=O)N=C(N)C12CCCC21CCOCC1. The molecule has 1 saturated heterocycles. The summed E-state index contributed by atoms with van der Waals surface area (Å²) in [5, 5.41) is 0. The van der Waals surface area contributed by atoms with Gasteiger partial charge in [0.25, 0.3) is 0 Å². The molecule has 2 fully saturated rings. The quantitative estimate of drug-likeness (QED) is 0.686. The number of ether oxygens (including phenoxy) is 1. The molecule has 5 nitrogen and oxygen atoms in total. The van der Waals surface area contributed by atoms with E-state index >= 15 is 0 Å². The van der Waals surface area contributed by atoms with E-state index in [0.717, 1.165) is 45.3 Å². The Kier molecular flexibility index (Phi) is 2.23. The normalized spacial score (nSPS) is 35.9. The number of carbonyl (C=O) groups is 1. The fraction of sp³-hybridized carbons (Fsp3) is 0.833. The van der Waals surface area contributed by atoms with Crippen LogP contribution in [-0.2, 0) is 4.74 Å². The molecular weight excluding hydrogens is 218 g/mol. The monoisotopic (exact) mass is 237 g/mol. The summed E-state index contributed by atoms with van der Waals surface area (Å²) in [5.74, 6) is 0.532. The van der Waals surface area contributed by atoms with Crippen molar-refractivity contribution in [3.8, 4) is 0 Å². The summed E-state index contributed by atoms with van der Waals surface area (Å²) in [7, 11) is 1.84. The number of nitrogens with zero attached hydrogens (tertiary/aromatic N) is 2. The van der Waals surface area contributed by atoms with Gasteiger partial charge in [-0.3, -0.25) is 0 Å². The van der Waals surface area contributed by atoms with E-state index in [1.54, 1.807) is 4.90 Å². The van der Waals surface area contributed by atoms with Crippen LogP contribution in [0.1, 0.15) is 32.1 Å². The molecule has 17 heavy (non-hydrogen) atoms. The van der Waals surface area contributed by atoms with Gasteiger partial charge in [0.15, 0.2) is 0 Å². The maximum atomic E-state index is 11.8. The first-order valence-electron chi connectivity index (χ1n) is 6.33. The number of hydrogen-bond donors (Lipinski definition) is 1. The highest BCUT2D eigenvalue weighted by Gasteiger charge is 2.63. The van der Waals surface area contributed by atoms with Crippen molar-refractivity contribution >= 4 is 11.9 Å². The minimum atomic E-state index is -0.326. The highest BCUT2D eigenvalue weighted by Crippen LogP contribution is 2.56. The Labute approximate surface area is 101 Å². The van der Waals surface area contributed by atoms with Crippen molar-refractivity contribution in [2.24, 2.45) is 16.1 Å². The lowest BCUT2D eigenvalue weighted by molar-refractivity contribution is -0.0278. The Hall–Kier alpha value is -1.10. The molecule has 1 unspecified atom stereocenters. The highest BCUT2D eigenvalue weighted by molar-refractivity contribution is 6.06. The Morgan fingerprint density at radius 2 is 2.00 bits per heavy atom. The molecule has 5 heteroatoms. The van der Waals surface area contributed by atoms with E-state index in [4.69, 9.17) is 10.5 Å². The second kappa shape index (κ2) is 3.45. The van der Waals surface area contributed by atoms with Crippen LogP contribution in [0.4, 0.5) is 4.79 Å². The first kappa shape index (κ1) is 11.0. The van der Waals surface area contributed by atoms with Crippen LogP contribution in [-0.4, -0.2) is 42.6 Å². The van der Waals surface area contributed by atoms with Crippen molar-refractivity contribution in [2.75, 3.05) is 20.3 Å². The minimum Gasteiger partial charge on any atom is -0.385 e. The lowest BCUT2D eigenvalue weighted by Gasteiger charge is -2.49. The zero-order valence-electron chi connectivity index (χ0n) is 10.2. The van der Waals surface area contributed by atoms with Crippen LogP contribution < -0.4 is 5.73 Å². The third-order valence-corrected chi connectivity index (χ3v) is 5.02. The number of hydrogen-bond acceptors (Lipinski definition) is 3. The van der Waals surface area contributed by atoms with E-state index in [-0.39, 0.29) is 17.0 Å². The number of likely N-dealkylation sites (N-methyl/N-ethyl adjacent to an activating group) is 1. The summed E-state index contributed by atoms with van der Waals surface area (Å²) < 4.78 is 5.47. The van der Waals surface area contributed by atoms with Gasteiger partial charge in [-0.15, -0.1) is 0 Å². The summed E-state index contributed by atoms with van der Waals surface area (Å²) in [6.07, 6.45) is 5.17. The van der Waals surface area contributed by atoms with Gasteiger partial charge in [0.05, 0.1) is 0 Å². The van der Waals surface area contributed by atoms with Gasteiger partial charge in [-0.25, -0.2) is 4.79 Å². The molecule has 2 spiro atoms. The summed E-state index contributed by atoms with van der Waals surface area (Å²) >= 11 is 0. The van der Waals surface area contributed by atoms with Gasteiger partial charge in [0, 0.05) is 25.7 Å². The maximum Gasteiger partial charge on any atom is 0.345 e. The predicted molar refractivity (Wildman–Crippen MR) is 63.8 cm³/mol. The average molecular weight is 237 g/mol. The summed E-state index contributed by atoms with van der Waals surface area (Å²) in [6.45, 7) is 1.55. The molecule has 94 valence electrons. The van der Waals surface area contributed by atoms with E-state index in [1.165, 1.54) is 0 Å². The van der Waals surface area contributed by atoms with E-state index in [2.05, 4.69) is 4.99 Å². The molecular formula is C12H19N3O2. The van der Waals surface area contributed by atoms with Crippen molar-refractivity contribution in [3.63, 3.8) is 0 Å². The number of fused-ring (bicyclic) bond motifs is 1. The first-order valence-corrected chi connectivity index (χ1v) is 6.33. The number of rotatable bonds is 0. The van der Waals surface area contributed by atoms with E-state index in [1.807, 2.05) is 7.05 Å². The van der Waals surface area contributed by atoms with Crippen molar-refractivity contribution in [2.45, 2.75) is 37.6 Å². The summed E-state index contributed by atoms with van der Waals surface area (Å²) in [4.78, 5) is 17.6. The standard InChI is InChI=1S/C12H19N3O2/c1-15-10(16)14-9(13)12(15)4-2-3-11(12)5-7-17-8-6-11/h2-8H2,1H3,(H2,13,14,16). The van der Waals surface area contributed by atoms with Gasteiger partial charge < -0.3 is 15.4 Å². The minimum absolute atomic E-state index is 0.0970. The van der Waals surface area contributed by atoms with Crippen molar-refractivity contribution in [3.05, 3.63) is 0 Å². The van der Waals surface area contributed by atoms with E-state index in [0.29, 0.717) is 5.84 Å². The molecule has 2 aliphatic heterocycles. The molecule has 2 N–H and O–H groups in total. The number of amidine groups is 1. The molecule has 1 saturated carbocycles. The molecule has 0 radical (unpaired) electrons. The van der Waals surface area contributed by atoms with Crippen LogP contribution in [0.25, 0.3) is 0 Å². The number of aliphatic imine (C=N–C) groups is 1. The van der Waals surface area contributed by atoms with Gasteiger partial charge in [-0.2, -0.15) is 4.99 Å². The van der Waals surface area contributed by atoms with Gasteiger partial charge in [0.2, 0.25) is 0 Å². The molecule has 0 aromatic rings. The predicted octanol–water partition coefficient (Wildman–Crippen LogP) is 1.13. The van der Waals surface area contributed by atoms with Crippen LogP contribution in [0.5, 0.6) is 0 Å². The zero-order valence-corrected chi connectivity index (χ0v) is 10.2. The fourth-order valence-electron chi connectivity index (χ4n) is 4.11. The molecule has 1 aliphatic carbocycles. The Morgan fingerprint density at radius 1 is 1.29 bits per heavy atom. The Bertz CT molecular complexity index is 387. The molecule has 0 bridgehead atoms. The number of amides is 2. The van der Waals surface area contributed by atoms with Crippen molar-refractivity contribution in [1.82, 2.24) is 4.90 Å². The van der Waals surface area contributed by atoms with Crippen LogP contribution in [0, 0.1) is 5.41 Å². The Morgan fingerprint density at radius 3 is 2.59 bits per heavy atom. The Balaban J connectivity index is 2.06. The fourth-order valence-corrected chi connectivity index (χ4v) is 4.11. The molecule has 1 atom stereocenters. The molecule has 0 aromatic heterocycles. The lowest BCUT2D eigenvalue weighted by atomic mass is 9.66. The summed E-state index contributed by atoms with van der Waals surface area (Å²) in [6, 6.07) is -0.185. The molecule has 2 amide bonds. The van der Waals surface area contributed by atoms with Gasteiger partial charge >= 0.3 is 6.03 Å². The molecule has 0 aromatic carbocycles. The van der Waals surface area contributed by atoms with Crippen LogP contribution in [0.3, 0.4) is 0 Å². The number of urea groups is 1. The largest absolute Gasteiger partial charge is 0.385 e. The first-order chi connectivity index (χ1) is 8.12. The maximum absolute atomic E-state index is 11.8. The summed E-state index contributed by atoms with van der Waals surface area (Å²) in [5.41, 5.74) is 5.88. The average Bonchev–Trinajstić information content (AvgIpc) is 2.78. The van der Waals surface area contributed by atoms with Crippen molar-refractivity contribution in [1.29, 1.82) is 0 Å². The van der Waals surface area contributed by atoms with Gasteiger partial charge in [0.1, 0.15) is 11.4 Å². The van der Waals surface area contributed by atoms with Crippen molar-refractivity contribution < 1.29 is 9.53 Å². The number of nitrogens with two attached hydrogens (primary N) is 1. The van der Waals surface area contributed by atoms with E-state index < -0.39 is 0 Å². The lowest BCUT2D eigenvalue weighted by Crippen LogP contribution is -2.62. The zero-order chi connectivity index (χ0) is 12.1. The molecule has 3 rings (SSSR count). The van der Waals surface area contributed by atoms with Crippen LogP contribution >= 0.6 is 0 Å². The second-order valence-electron chi connectivity index (χ2n) is 5.45. The van der Waals surface area contributed by atoms with Gasteiger partial charge in [-0.05, 0) is 32.1 Å². The van der Waals surface area contributed by atoms with E-state index in [9.17, 15) is 4.79 Å². The second-order valence-corrected chi connectivity index (χ2v) is 5.45. The number of carbonyl (C=O) groups excluding carboxylic acids is 1. The smallest absolute Gasteiger partial charge is 0.345 e. The highest BCUT2D eigenvalue weighted by atomic mass is 16.5. The molecule has 2 heterocycles. The third kappa shape index (κ3) is 1.18. The van der Waals surface area contributed by atoms with Crippen LogP contribution in [0.2, 0.25) is 0 Å². The third-order valence-electron chi connectivity index (χ3n) is 5.02. The topological polar surface area (TPSA) is 67.9 Å². The van der Waals surface area contributed by atoms with Gasteiger partial charge in [-0.1, -0.05) is 0 Å².